The van der Waals surface area contributed by atoms with Crippen LogP contribution in [-0.2, 0) is 18.9 Å². The van der Waals surface area contributed by atoms with Crippen molar-refractivity contribution in [2.75, 3.05) is 52.8 Å². The van der Waals surface area contributed by atoms with Crippen LogP contribution in [0.25, 0.3) is 0 Å². The molecule has 0 amide bonds. The predicted molar refractivity (Wildman–Crippen MR) is 85.9 cm³/mol. The summed E-state index contributed by atoms with van der Waals surface area (Å²) in [5.74, 6) is 0. The Morgan fingerprint density at radius 2 is 1.05 bits per heavy atom. The van der Waals surface area contributed by atoms with E-state index >= 15 is 0 Å². The zero-order valence-corrected chi connectivity index (χ0v) is 14.8. The van der Waals surface area contributed by atoms with Crippen molar-refractivity contribution in [3.05, 3.63) is 0 Å². The monoisotopic (exact) mass is 305 g/mol. The first-order valence-corrected chi connectivity index (χ1v) is 7.83. The molecule has 0 atom stereocenters. The Kier molecular flexibility index (Phi) is 11.3. The molecular weight excluding hydrogens is 270 g/mol. The van der Waals surface area contributed by atoms with Gasteiger partial charge < -0.3 is 24.3 Å². The predicted octanol–water partition coefficient (Wildman–Crippen LogP) is 2.24. The number of rotatable bonds is 12. The van der Waals surface area contributed by atoms with Gasteiger partial charge in [-0.25, -0.2) is 0 Å². The fraction of sp³-hybridized carbons (Fsp3) is 1.00. The lowest BCUT2D eigenvalue weighted by Gasteiger charge is -2.20. The number of hydrogen-bond acceptors (Lipinski definition) is 5. The Balaban J connectivity index is 3.10. The van der Waals surface area contributed by atoms with Crippen LogP contribution in [-0.4, -0.2) is 63.9 Å². The van der Waals surface area contributed by atoms with Crippen LogP contribution in [0.5, 0.6) is 0 Å². The van der Waals surface area contributed by atoms with Gasteiger partial charge >= 0.3 is 0 Å². The second-order valence-electron chi connectivity index (χ2n) is 6.97. The van der Waals surface area contributed by atoms with E-state index in [1.807, 2.05) is 20.8 Å². The molecule has 0 heterocycles. The highest BCUT2D eigenvalue weighted by atomic mass is 16.6. The molecule has 0 bridgehead atoms. The molecule has 0 radical (unpaired) electrons. The Bertz CT molecular complexity index is 209. The van der Waals surface area contributed by atoms with Gasteiger partial charge in [0, 0.05) is 12.1 Å². The minimum absolute atomic E-state index is 0.0982. The molecule has 5 nitrogen and oxygen atoms in total. The van der Waals surface area contributed by atoms with E-state index in [2.05, 4.69) is 26.1 Å². The average Bonchev–Trinajstić information content (AvgIpc) is 2.32. The largest absolute Gasteiger partial charge is 0.378 e. The summed E-state index contributed by atoms with van der Waals surface area (Å²) in [5, 5.41) is 3.37. The Morgan fingerprint density at radius 3 is 1.48 bits per heavy atom. The van der Waals surface area contributed by atoms with E-state index in [-0.39, 0.29) is 11.1 Å². The van der Waals surface area contributed by atoms with Gasteiger partial charge in [0.05, 0.1) is 51.8 Å². The highest BCUT2D eigenvalue weighted by Gasteiger charge is 2.09. The molecule has 5 heteroatoms. The summed E-state index contributed by atoms with van der Waals surface area (Å²) in [5.41, 5.74) is 0.0486. The lowest BCUT2D eigenvalue weighted by molar-refractivity contribution is -0.0450. The second kappa shape index (κ2) is 11.4. The molecule has 0 saturated carbocycles. The van der Waals surface area contributed by atoms with Crippen LogP contribution >= 0.6 is 0 Å². The van der Waals surface area contributed by atoms with Crippen LogP contribution in [0, 0.1) is 0 Å². The van der Waals surface area contributed by atoms with Crippen molar-refractivity contribution in [3.8, 4) is 0 Å². The molecule has 21 heavy (non-hydrogen) atoms. The molecule has 0 fully saturated rings. The Morgan fingerprint density at radius 1 is 0.619 bits per heavy atom. The van der Waals surface area contributed by atoms with Crippen LogP contribution in [0.1, 0.15) is 41.5 Å². The summed E-state index contributed by atoms with van der Waals surface area (Å²) in [6.07, 6.45) is 0. The van der Waals surface area contributed by atoms with Crippen LogP contribution in [0.3, 0.4) is 0 Å². The third kappa shape index (κ3) is 19.8. The molecule has 0 aromatic heterocycles. The first-order valence-electron chi connectivity index (χ1n) is 7.83. The molecule has 0 rings (SSSR count). The average molecular weight is 305 g/mol. The van der Waals surface area contributed by atoms with E-state index < -0.39 is 0 Å². The maximum Gasteiger partial charge on any atom is 0.0707 e. The highest BCUT2D eigenvalue weighted by molar-refractivity contribution is 4.69. The van der Waals surface area contributed by atoms with Crippen molar-refractivity contribution in [2.45, 2.75) is 52.7 Å². The topological polar surface area (TPSA) is 49.0 Å². The van der Waals surface area contributed by atoms with E-state index in [1.165, 1.54) is 0 Å². The van der Waals surface area contributed by atoms with Crippen LogP contribution in [0.4, 0.5) is 0 Å². The first kappa shape index (κ1) is 20.8. The van der Waals surface area contributed by atoms with Gasteiger partial charge in [0.2, 0.25) is 0 Å². The summed E-state index contributed by atoms with van der Waals surface area (Å²) in [6, 6.07) is 0. The van der Waals surface area contributed by atoms with E-state index in [1.54, 1.807) is 0 Å². The molecule has 0 aliphatic carbocycles. The maximum atomic E-state index is 5.54. The highest BCUT2D eigenvalue weighted by Crippen LogP contribution is 2.05. The third-order valence-corrected chi connectivity index (χ3v) is 2.41. The van der Waals surface area contributed by atoms with Crippen molar-refractivity contribution in [3.63, 3.8) is 0 Å². The molecule has 0 aliphatic heterocycles. The van der Waals surface area contributed by atoms with Gasteiger partial charge in [-0.1, -0.05) is 0 Å². The maximum absolute atomic E-state index is 5.54. The Labute approximate surface area is 130 Å². The molecular formula is C16H35NO4. The van der Waals surface area contributed by atoms with Crippen LogP contribution in [0.15, 0.2) is 0 Å². The van der Waals surface area contributed by atoms with Crippen LogP contribution < -0.4 is 5.32 Å². The Hall–Kier alpha value is -0.200. The van der Waals surface area contributed by atoms with Crippen molar-refractivity contribution < 1.29 is 18.9 Å². The minimum Gasteiger partial charge on any atom is -0.378 e. The number of ether oxygens (including phenoxy) is 4. The quantitative estimate of drug-likeness (QED) is 0.560. The van der Waals surface area contributed by atoms with Crippen molar-refractivity contribution in [1.29, 1.82) is 0 Å². The SMILES string of the molecule is CC(C)(C)NCCOCCOCCOCCOC(C)(C)C. The smallest absolute Gasteiger partial charge is 0.0707 e. The van der Waals surface area contributed by atoms with E-state index in [0.29, 0.717) is 46.2 Å². The fourth-order valence-electron chi connectivity index (χ4n) is 1.45. The van der Waals surface area contributed by atoms with Crippen LogP contribution in [0.2, 0.25) is 0 Å². The minimum atomic E-state index is -0.0982. The molecule has 0 aromatic carbocycles. The summed E-state index contributed by atoms with van der Waals surface area (Å²) in [4.78, 5) is 0. The lowest BCUT2D eigenvalue weighted by Crippen LogP contribution is -2.38. The summed E-state index contributed by atoms with van der Waals surface area (Å²) in [7, 11) is 0. The van der Waals surface area contributed by atoms with Gasteiger partial charge in [-0.15, -0.1) is 0 Å². The second-order valence-corrected chi connectivity index (χ2v) is 6.97. The summed E-state index contributed by atoms with van der Waals surface area (Å²) in [6.45, 7) is 17.8. The van der Waals surface area contributed by atoms with Gasteiger partial charge in [0.15, 0.2) is 0 Å². The molecule has 0 aromatic rings. The normalized spacial score (nSPS) is 12.9. The fourth-order valence-corrected chi connectivity index (χ4v) is 1.45. The van der Waals surface area contributed by atoms with E-state index in [9.17, 15) is 0 Å². The molecule has 0 saturated heterocycles. The molecule has 0 aliphatic rings. The molecule has 0 spiro atoms. The van der Waals surface area contributed by atoms with Gasteiger partial charge in [-0.2, -0.15) is 0 Å². The van der Waals surface area contributed by atoms with Crippen molar-refractivity contribution in [2.24, 2.45) is 0 Å². The molecule has 0 unspecified atom stereocenters. The van der Waals surface area contributed by atoms with Gasteiger partial charge in [0.1, 0.15) is 0 Å². The number of nitrogens with one attached hydrogen (secondary N) is 1. The first-order chi connectivity index (χ1) is 9.71. The van der Waals surface area contributed by atoms with E-state index in [4.69, 9.17) is 18.9 Å². The molecule has 1 N–H and O–H groups in total. The van der Waals surface area contributed by atoms with Gasteiger partial charge in [0.25, 0.3) is 0 Å². The lowest BCUT2D eigenvalue weighted by atomic mass is 10.1. The van der Waals surface area contributed by atoms with Crippen molar-refractivity contribution >= 4 is 0 Å². The van der Waals surface area contributed by atoms with Crippen molar-refractivity contribution in [1.82, 2.24) is 5.32 Å². The van der Waals surface area contributed by atoms with Gasteiger partial charge in [-0.3, -0.25) is 0 Å². The number of hydrogen-bond donors (Lipinski definition) is 1. The van der Waals surface area contributed by atoms with Gasteiger partial charge in [-0.05, 0) is 41.5 Å². The molecule has 128 valence electrons. The zero-order chi connectivity index (χ0) is 16.2. The van der Waals surface area contributed by atoms with E-state index in [0.717, 1.165) is 6.54 Å². The zero-order valence-electron chi connectivity index (χ0n) is 14.8. The third-order valence-electron chi connectivity index (χ3n) is 2.41. The summed E-state index contributed by atoms with van der Waals surface area (Å²) < 4.78 is 21.8. The standard InChI is InChI=1S/C16H35NO4/c1-15(2,3)17-7-8-18-9-10-19-11-12-20-13-14-21-16(4,5)6/h17H,7-14H2,1-6H3. The summed E-state index contributed by atoms with van der Waals surface area (Å²) >= 11 is 0.